The molecule has 22 heavy (non-hydrogen) atoms. The fourth-order valence-electron chi connectivity index (χ4n) is 2.93. The summed E-state index contributed by atoms with van der Waals surface area (Å²) in [6, 6.07) is 6.17. The van der Waals surface area contributed by atoms with Gasteiger partial charge in [-0.2, -0.15) is 5.10 Å². The minimum absolute atomic E-state index is 0.124. The van der Waals surface area contributed by atoms with Crippen LogP contribution < -0.4 is 16.0 Å². The normalized spacial score (nSPS) is 14.0. The van der Waals surface area contributed by atoms with Crippen molar-refractivity contribution in [2.45, 2.75) is 24.8 Å². The molecule has 2 aromatic heterocycles. The molecule has 3 N–H and O–H groups in total. The lowest BCUT2D eigenvalue weighted by molar-refractivity contribution is 0.340. The molecule has 120 valence electrons. The van der Waals surface area contributed by atoms with E-state index in [9.17, 15) is 0 Å². The summed E-state index contributed by atoms with van der Waals surface area (Å²) in [4.78, 5) is 0. The number of likely N-dealkylation sites (N-methyl/N-ethyl adjacent to an activating group) is 2. The Balaban J connectivity index is 2.18. The molecule has 2 aromatic rings. The SMILES string of the molecule is C=C(NC)C(CCNC)(CCc1cnn2ccccc12)NC. The monoisotopic (exact) mass is 301 g/mol. The molecule has 0 spiro atoms. The van der Waals surface area contributed by atoms with Crippen LogP contribution >= 0.6 is 0 Å². The van der Waals surface area contributed by atoms with Crippen molar-refractivity contribution in [3.05, 3.63) is 48.4 Å². The van der Waals surface area contributed by atoms with Gasteiger partial charge in [0.05, 0.1) is 17.3 Å². The van der Waals surface area contributed by atoms with Gasteiger partial charge in [0, 0.05) is 18.9 Å². The highest BCUT2D eigenvalue weighted by Gasteiger charge is 2.30. The Kier molecular flexibility index (Phi) is 5.57. The Morgan fingerprint density at radius 1 is 1.27 bits per heavy atom. The molecule has 1 atom stereocenters. The number of hydrogen-bond donors (Lipinski definition) is 3. The number of rotatable bonds is 9. The van der Waals surface area contributed by atoms with E-state index in [1.54, 1.807) is 0 Å². The summed E-state index contributed by atoms with van der Waals surface area (Å²) in [6.07, 6.45) is 6.87. The lowest BCUT2D eigenvalue weighted by Crippen LogP contribution is -2.50. The van der Waals surface area contributed by atoms with Gasteiger partial charge in [-0.15, -0.1) is 0 Å². The van der Waals surface area contributed by atoms with E-state index in [0.717, 1.165) is 31.5 Å². The number of aromatic nitrogens is 2. The van der Waals surface area contributed by atoms with Gasteiger partial charge in [-0.1, -0.05) is 12.6 Å². The van der Waals surface area contributed by atoms with Crippen molar-refractivity contribution in [2.24, 2.45) is 0 Å². The van der Waals surface area contributed by atoms with Crippen molar-refractivity contribution >= 4 is 5.52 Å². The number of hydrogen-bond acceptors (Lipinski definition) is 4. The van der Waals surface area contributed by atoms with Crippen LogP contribution in [0.15, 0.2) is 42.9 Å². The molecular weight excluding hydrogens is 274 g/mol. The van der Waals surface area contributed by atoms with Gasteiger partial charge < -0.3 is 16.0 Å². The molecule has 1 unspecified atom stereocenters. The molecule has 0 saturated heterocycles. The molecule has 0 aliphatic carbocycles. The molecular formula is C17H27N5. The highest BCUT2D eigenvalue weighted by Crippen LogP contribution is 2.25. The highest BCUT2D eigenvalue weighted by atomic mass is 15.2. The van der Waals surface area contributed by atoms with E-state index >= 15 is 0 Å². The predicted octanol–water partition coefficient (Wildman–Crippen LogP) is 1.57. The molecule has 0 aromatic carbocycles. The van der Waals surface area contributed by atoms with E-state index in [1.165, 1.54) is 11.1 Å². The first kappa shape index (κ1) is 16.5. The van der Waals surface area contributed by atoms with E-state index in [0.29, 0.717) is 0 Å². The largest absolute Gasteiger partial charge is 0.390 e. The Labute approximate surface area is 132 Å². The lowest BCUT2D eigenvalue weighted by Gasteiger charge is -2.36. The number of aryl methyl sites for hydroxylation is 1. The van der Waals surface area contributed by atoms with Crippen LogP contribution in [-0.2, 0) is 6.42 Å². The lowest BCUT2D eigenvalue weighted by atomic mass is 9.85. The predicted molar refractivity (Wildman–Crippen MR) is 92.0 cm³/mol. The quantitative estimate of drug-likeness (QED) is 0.658. The van der Waals surface area contributed by atoms with E-state index < -0.39 is 0 Å². The molecule has 0 amide bonds. The summed E-state index contributed by atoms with van der Waals surface area (Å²) >= 11 is 0. The molecule has 0 fully saturated rings. The minimum Gasteiger partial charge on any atom is -0.390 e. The molecule has 0 aliphatic heterocycles. The van der Waals surface area contributed by atoms with Gasteiger partial charge in [-0.05, 0) is 57.6 Å². The maximum Gasteiger partial charge on any atom is 0.0693 e. The van der Waals surface area contributed by atoms with Crippen molar-refractivity contribution in [3.8, 4) is 0 Å². The molecule has 0 saturated carbocycles. The number of fused-ring (bicyclic) bond motifs is 1. The maximum atomic E-state index is 4.42. The van der Waals surface area contributed by atoms with Crippen molar-refractivity contribution < 1.29 is 0 Å². The number of pyridine rings is 1. The zero-order chi connectivity index (χ0) is 16.0. The van der Waals surface area contributed by atoms with E-state index in [4.69, 9.17) is 0 Å². The Morgan fingerprint density at radius 2 is 2.09 bits per heavy atom. The van der Waals surface area contributed by atoms with Crippen molar-refractivity contribution in [3.63, 3.8) is 0 Å². The van der Waals surface area contributed by atoms with Gasteiger partial charge in [0.25, 0.3) is 0 Å². The first-order valence-electron chi connectivity index (χ1n) is 7.79. The Bertz CT molecular complexity index is 618. The fourth-order valence-corrected chi connectivity index (χ4v) is 2.93. The van der Waals surface area contributed by atoms with Crippen LogP contribution in [-0.4, -0.2) is 42.8 Å². The zero-order valence-electron chi connectivity index (χ0n) is 13.8. The van der Waals surface area contributed by atoms with Gasteiger partial charge >= 0.3 is 0 Å². The van der Waals surface area contributed by atoms with Crippen molar-refractivity contribution in [2.75, 3.05) is 27.7 Å². The van der Waals surface area contributed by atoms with Gasteiger partial charge in [-0.25, -0.2) is 4.52 Å². The second-order valence-corrected chi connectivity index (χ2v) is 5.61. The third-order valence-electron chi connectivity index (χ3n) is 4.49. The van der Waals surface area contributed by atoms with Crippen molar-refractivity contribution in [1.82, 2.24) is 25.6 Å². The molecule has 5 heteroatoms. The number of nitrogens with one attached hydrogen (secondary N) is 3. The highest BCUT2D eigenvalue weighted by molar-refractivity contribution is 5.53. The first-order valence-corrected chi connectivity index (χ1v) is 7.79. The molecule has 2 rings (SSSR count). The molecule has 5 nitrogen and oxygen atoms in total. The third-order valence-corrected chi connectivity index (χ3v) is 4.49. The van der Waals surface area contributed by atoms with Crippen LogP contribution in [0.4, 0.5) is 0 Å². The average molecular weight is 301 g/mol. The minimum atomic E-state index is -0.124. The van der Waals surface area contributed by atoms with Crippen LogP contribution in [0.1, 0.15) is 18.4 Å². The van der Waals surface area contributed by atoms with Gasteiger partial charge in [0.15, 0.2) is 0 Å². The molecule has 0 aliphatic rings. The zero-order valence-corrected chi connectivity index (χ0v) is 13.8. The van der Waals surface area contributed by atoms with Crippen LogP contribution in [0.5, 0.6) is 0 Å². The van der Waals surface area contributed by atoms with E-state index in [-0.39, 0.29) is 5.54 Å². The first-order chi connectivity index (χ1) is 10.7. The van der Waals surface area contributed by atoms with E-state index in [2.05, 4.69) is 39.8 Å². The molecule has 0 radical (unpaired) electrons. The summed E-state index contributed by atoms with van der Waals surface area (Å²) in [5.74, 6) is 0. The average Bonchev–Trinajstić information content (AvgIpc) is 2.98. The third kappa shape index (κ3) is 3.31. The summed E-state index contributed by atoms with van der Waals surface area (Å²) < 4.78 is 1.93. The second kappa shape index (κ2) is 7.42. The summed E-state index contributed by atoms with van der Waals surface area (Å²) in [7, 11) is 5.92. The standard InChI is InChI=1S/C17H27N5/c1-14(19-3)17(20-4,10-11-18-2)9-8-15-13-21-22-12-6-5-7-16(15)22/h5-7,12-13,18-20H,1,8-11H2,2-4H3. The van der Waals surface area contributed by atoms with Crippen LogP contribution in [0, 0.1) is 0 Å². The van der Waals surface area contributed by atoms with Gasteiger partial charge in [-0.3, -0.25) is 0 Å². The van der Waals surface area contributed by atoms with Gasteiger partial charge in [0.2, 0.25) is 0 Å². The van der Waals surface area contributed by atoms with Crippen LogP contribution in [0.25, 0.3) is 5.52 Å². The van der Waals surface area contributed by atoms with Gasteiger partial charge in [0.1, 0.15) is 0 Å². The summed E-state index contributed by atoms with van der Waals surface area (Å²) in [5, 5.41) is 14.4. The fraction of sp³-hybridized carbons (Fsp3) is 0.471. The van der Waals surface area contributed by atoms with Crippen LogP contribution in [0.2, 0.25) is 0 Å². The maximum absolute atomic E-state index is 4.42. The Hall–Kier alpha value is -1.85. The summed E-state index contributed by atoms with van der Waals surface area (Å²) in [5.41, 5.74) is 3.35. The number of nitrogens with zero attached hydrogens (tertiary/aromatic N) is 2. The molecule has 0 bridgehead atoms. The second-order valence-electron chi connectivity index (χ2n) is 5.61. The topological polar surface area (TPSA) is 53.4 Å². The van der Waals surface area contributed by atoms with Crippen LogP contribution in [0.3, 0.4) is 0 Å². The smallest absolute Gasteiger partial charge is 0.0693 e. The van der Waals surface area contributed by atoms with E-state index in [1.807, 2.05) is 44.1 Å². The molecule has 2 heterocycles. The Morgan fingerprint density at radius 3 is 2.77 bits per heavy atom. The summed E-state index contributed by atoms with van der Waals surface area (Å²) in [6.45, 7) is 5.15. The van der Waals surface area contributed by atoms with Crippen molar-refractivity contribution in [1.29, 1.82) is 0 Å².